The highest BCUT2D eigenvalue weighted by Crippen LogP contribution is 2.32. The summed E-state index contributed by atoms with van der Waals surface area (Å²) in [7, 11) is 3.59. The first-order valence-corrected chi connectivity index (χ1v) is 6.77. The average Bonchev–Trinajstić information content (AvgIpc) is 2.64. The molecule has 1 aliphatic heterocycles. The van der Waals surface area contributed by atoms with Gasteiger partial charge >= 0.3 is 0 Å². The molecule has 0 aliphatic carbocycles. The summed E-state index contributed by atoms with van der Waals surface area (Å²) >= 11 is 5.97. The predicted octanol–water partition coefficient (Wildman–Crippen LogP) is 2.80. The van der Waals surface area contributed by atoms with Crippen molar-refractivity contribution in [1.29, 1.82) is 0 Å². The Hall–Kier alpha value is -0.840. The molecule has 1 N–H and O–H groups in total. The predicted molar refractivity (Wildman–Crippen MR) is 72.8 cm³/mol. The molecule has 100 valence electrons. The molecule has 0 saturated carbocycles. The van der Waals surface area contributed by atoms with Crippen molar-refractivity contribution in [2.24, 2.45) is 0 Å². The molecule has 5 heteroatoms. The van der Waals surface area contributed by atoms with Gasteiger partial charge in [-0.25, -0.2) is 9.99 Å². The van der Waals surface area contributed by atoms with Crippen LogP contribution in [0.1, 0.15) is 37.3 Å². The monoisotopic (exact) mass is 269 g/mol. The molecule has 2 rings (SSSR count). The quantitative estimate of drug-likeness (QED) is 0.857. The number of hydrogen-bond donors (Lipinski definition) is 1. The van der Waals surface area contributed by atoms with Crippen molar-refractivity contribution in [3.8, 4) is 5.75 Å². The minimum Gasteiger partial charge on any atom is -0.494 e. The Bertz CT molecular complexity index is 400. The van der Waals surface area contributed by atoms with Crippen LogP contribution in [0.15, 0.2) is 12.3 Å². The SMILES string of the molecule is CNN1CCCCCC1c1cnc(Cl)c(OC)c1. The van der Waals surface area contributed by atoms with Gasteiger partial charge in [0.15, 0.2) is 10.9 Å². The van der Waals surface area contributed by atoms with Crippen molar-refractivity contribution in [2.45, 2.75) is 31.7 Å². The van der Waals surface area contributed by atoms with Crippen molar-refractivity contribution in [3.63, 3.8) is 0 Å². The van der Waals surface area contributed by atoms with Crippen LogP contribution in [0.4, 0.5) is 0 Å². The van der Waals surface area contributed by atoms with Gasteiger partial charge in [-0.1, -0.05) is 24.4 Å². The molecule has 1 atom stereocenters. The molecule has 0 amide bonds. The van der Waals surface area contributed by atoms with Crippen molar-refractivity contribution >= 4 is 11.6 Å². The maximum atomic E-state index is 5.97. The number of halogens is 1. The fraction of sp³-hybridized carbons (Fsp3) is 0.615. The molecule has 18 heavy (non-hydrogen) atoms. The molecule has 1 saturated heterocycles. The summed E-state index contributed by atoms with van der Waals surface area (Å²) in [6.07, 6.45) is 6.74. The minimum atomic E-state index is 0.344. The summed E-state index contributed by atoms with van der Waals surface area (Å²) in [5, 5.41) is 2.70. The van der Waals surface area contributed by atoms with Gasteiger partial charge in [-0.05, 0) is 31.5 Å². The van der Waals surface area contributed by atoms with Crippen LogP contribution in [0.2, 0.25) is 5.15 Å². The largest absolute Gasteiger partial charge is 0.494 e. The Balaban J connectivity index is 2.26. The molecule has 1 fully saturated rings. The van der Waals surface area contributed by atoms with E-state index in [0.717, 1.165) is 18.5 Å². The summed E-state index contributed by atoms with van der Waals surface area (Å²) in [4.78, 5) is 4.21. The molecule has 1 aromatic rings. The number of ether oxygens (including phenoxy) is 1. The van der Waals surface area contributed by atoms with Crippen molar-refractivity contribution in [2.75, 3.05) is 20.7 Å². The number of methoxy groups -OCH3 is 1. The first kappa shape index (κ1) is 13.6. The van der Waals surface area contributed by atoms with Crippen LogP contribution in [0.25, 0.3) is 0 Å². The third kappa shape index (κ3) is 2.94. The van der Waals surface area contributed by atoms with E-state index < -0.39 is 0 Å². The van der Waals surface area contributed by atoms with Gasteiger partial charge in [0, 0.05) is 12.7 Å². The summed E-state index contributed by atoms with van der Waals surface area (Å²) < 4.78 is 5.24. The van der Waals surface area contributed by atoms with E-state index in [0.29, 0.717) is 16.9 Å². The van der Waals surface area contributed by atoms with E-state index in [1.165, 1.54) is 19.3 Å². The number of pyridine rings is 1. The summed E-state index contributed by atoms with van der Waals surface area (Å²) in [5.74, 6) is 0.648. The van der Waals surface area contributed by atoms with Crippen LogP contribution in [0, 0.1) is 0 Å². The lowest BCUT2D eigenvalue weighted by Gasteiger charge is -2.29. The molecule has 0 radical (unpaired) electrons. The molecule has 1 unspecified atom stereocenters. The lowest BCUT2D eigenvalue weighted by atomic mass is 10.0. The third-order valence-corrected chi connectivity index (χ3v) is 3.76. The number of hydrazine groups is 1. The second-order valence-electron chi connectivity index (χ2n) is 4.54. The Morgan fingerprint density at radius 2 is 2.28 bits per heavy atom. The molecular formula is C13H20ClN3O. The van der Waals surface area contributed by atoms with Crippen molar-refractivity contribution < 1.29 is 4.74 Å². The standard InChI is InChI=1S/C13H20ClN3O/c1-15-17-7-5-3-4-6-11(17)10-8-12(18-2)13(14)16-9-10/h8-9,11,15H,3-7H2,1-2H3. The van der Waals surface area contributed by atoms with Crippen LogP contribution in [-0.4, -0.2) is 30.7 Å². The Labute approximate surface area is 113 Å². The fourth-order valence-corrected chi connectivity index (χ4v) is 2.67. The van der Waals surface area contributed by atoms with E-state index in [-0.39, 0.29) is 0 Å². The molecule has 0 spiro atoms. The number of aromatic nitrogens is 1. The molecule has 0 aromatic carbocycles. The second kappa shape index (κ2) is 6.36. The Morgan fingerprint density at radius 3 is 3.00 bits per heavy atom. The van der Waals surface area contributed by atoms with Crippen LogP contribution < -0.4 is 10.2 Å². The fourth-order valence-electron chi connectivity index (χ4n) is 2.49. The topological polar surface area (TPSA) is 37.4 Å². The lowest BCUT2D eigenvalue weighted by molar-refractivity contribution is 0.142. The van der Waals surface area contributed by atoms with Crippen LogP contribution in [0.5, 0.6) is 5.75 Å². The number of nitrogens with zero attached hydrogens (tertiary/aromatic N) is 2. The van der Waals surface area contributed by atoms with Crippen LogP contribution >= 0.6 is 11.6 Å². The van der Waals surface area contributed by atoms with E-state index in [2.05, 4.69) is 15.4 Å². The van der Waals surface area contributed by atoms with Gasteiger partial charge in [-0.2, -0.15) is 0 Å². The maximum absolute atomic E-state index is 5.97. The van der Waals surface area contributed by atoms with Gasteiger partial charge in [-0.3, -0.25) is 5.43 Å². The number of hydrogen-bond acceptors (Lipinski definition) is 4. The van der Waals surface area contributed by atoms with E-state index in [1.807, 2.05) is 19.3 Å². The van der Waals surface area contributed by atoms with E-state index in [1.54, 1.807) is 7.11 Å². The Morgan fingerprint density at radius 1 is 1.44 bits per heavy atom. The zero-order valence-corrected chi connectivity index (χ0v) is 11.7. The van der Waals surface area contributed by atoms with Crippen LogP contribution in [0.3, 0.4) is 0 Å². The first-order valence-electron chi connectivity index (χ1n) is 6.39. The second-order valence-corrected chi connectivity index (χ2v) is 4.90. The minimum absolute atomic E-state index is 0.344. The molecule has 1 aromatic heterocycles. The molecule has 2 heterocycles. The van der Waals surface area contributed by atoms with Gasteiger partial charge in [-0.15, -0.1) is 0 Å². The first-order chi connectivity index (χ1) is 8.76. The summed E-state index contributed by atoms with van der Waals surface area (Å²) in [5.41, 5.74) is 4.44. The van der Waals surface area contributed by atoms with Crippen LogP contribution in [-0.2, 0) is 0 Å². The molecule has 4 nitrogen and oxygen atoms in total. The van der Waals surface area contributed by atoms with Gasteiger partial charge in [0.05, 0.1) is 13.2 Å². The smallest absolute Gasteiger partial charge is 0.171 e. The van der Waals surface area contributed by atoms with E-state index in [4.69, 9.17) is 16.3 Å². The highest BCUT2D eigenvalue weighted by Gasteiger charge is 2.22. The van der Waals surface area contributed by atoms with E-state index >= 15 is 0 Å². The number of rotatable bonds is 3. The zero-order valence-electron chi connectivity index (χ0n) is 10.9. The summed E-state index contributed by atoms with van der Waals surface area (Å²) in [6, 6.07) is 2.34. The molecule has 0 bridgehead atoms. The van der Waals surface area contributed by atoms with Gasteiger partial charge in [0.25, 0.3) is 0 Å². The lowest BCUT2D eigenvalue weighted by Crippen LogP contribution is -2.38. The molecule has 1 aliphatic rings. The highest BCUT2D eigenvalue weighted by molar-refractivity contribution is 6.30. The third-order valence-electron chi connectivity index (χ3n) is 3.47. The number of nitrogens with one attached hydrogen (secondary N) is 1. The van der Waals surface area contributed by atoms with E-state index in [9.17, 15) is 0 Å². The Kier molecular flexibility index (Phi) is 4.80. The van der Waals surface area contributed by atoms with Crippen molar-refractivity contribution in [1.82, 2.24) is 15.4 Å². The molecular weight excluding hydrogens is 250 g/mol. The zero-order chi connectivity index (χ0) is 13.0. The normalized spacial score (nSPS) is 21.6. The maximum Gasteiger partial charge on any atom is 0.171 e. The summed E-state index contributed by atoms with van der Waals surface area (Å²) in [6.45, 7) is 1.06. The van der Waals surface area contributed by atoms with Crippen molar-refractivity contribution in [3.05, 3.63) is 23.0 Å². The average molecular weight is 270 g/mol. The van der Waals surface area contributed by atoms with Gasteiger partial charge in [0.2, 0.25) is 0 Å². The highest BCUT2D eigenvalue weighted by atomic mass is 35.5. The van der Waals surface area contributed by atoms with Gasteiger partial charge in [0.1, 0.15) is 0 Å². The van der Waals surface area contributed by atoms with Gasteiger partial charge < -0.3 is 4.74 Å².